The Bertz CT molecular complexity index is 701. The molecule has 0 atom stereocenters. The highest BCUT2D eigenvalue weighted by atomic mass is 19.1. The summed E-state index contributed by atoms with van der Waals surface area (Å²) in [5.74, 6) is -0.00112. The number of hydrogen-bond acceptors (Lipinski definition) is 4. The fraction of sp³-hybridized carbons (Fsp3) is 0.381. The fourth-order valence-corrected chi connectivity index (χ4v) is 3.10. The van der Waals surface area contributed by atoms with Crippen molar-refractivity contribution < 1.29 is 13.9 Å². The number of hydrogen-bond donors (Lipinski definition) is 1. The Labute approximate surface area is 159 Å². The van der Waals surface area contributed by atoms with Gasteiger partial charge in [-0.2, -0.15) is 0 Å². The van der Waals surface area contributed by atoms with Crippen molar-refractivity contribution >= 4 is 5.91 Å². The Hall–Kier alpha value is -2.44. The highest BCUT2D eigenvalue weighted by Gasteiger charge is 2.16. The second-order valence-corrected chi connectivity index (χ2v) is 6.70. The molecule has 144 valence electrons. The molecule has 1 aliphatic heterocycles. The highest BCUT2D eigenvalue weighted by Crippen LogP contribution is 2.10. The van der Waals surface area contributed by atoms with Crippen molar-refractivity contribution in [1.82, 2.24) is 15.1 Å². The van der Waals surface area contributed by atoms with Gasteiger partial charge in [-0.05, 0) is 29.8 Å². The number of ether oxygens (including phenoxy) is 1. The lowest BCUT2D eigenvalue weighted by Gasteiger charge is -2.34. The fourth-order valence-electron chi connectivity index (χ4n) is 3.10. The number of carbonyl (C=O) groups is 1. The summed E-state index contributed by atoms with van der Waals surface area (Å²) in [5.41, 5.74) is 1.35. The van der Waals surface area contributed by atoms with Crippen molar-refractivity contribution in [2.24, 2.45) is 0 Å². The van der Waals surface area contributed by atoms with Crippen molar-refractivity contribution in [2.45, 2.75) is 6.54 Å². The topological polar surface area (TPSA) is 44.8 Å². The van der Waals surface area contributed by atoms with E-state index in [2.05, 4.69) is 39.4 Å². The third-order valence-electron chi connectivity index (χ3n) is 4.65. The molecule has 1 heterocycles. The van der Waals surface area contributed by atoms with Gasteiger partial charge in [-0.15, -0.1) is 0 Å². The van der Waals surface area contributed by atoms with E-state index in [9.17, 15) is 9.18 Å². The van der Waals surface area contributed by atoms with E-state index in [1.165, 1.54) is 29.8 Å². The number of amides is 1. The number of piperazine rings is 1. The van der Waals surface area contributed by atoms with E-state index in [0.29, 0.717) is 12.3 Å². The smallest absolute Gasteiger partial charge is 0.257 e. The molecule has 0 aromatic heterocycles. The largest absolute Gasteiger partial charge is 0.484 e. The molecule has 1 aliphatic rings. The maximum absolute atomic E-state index is 12.8. The monoisotopic (exact) mass is 371 g/mol. The number of benzene rings is 2. The van der Waals surface area contributed by atoms with E-state index in [1.54, 1.807) is 0 Å². The molecule has 1 saturated heterocycles. The molecular formula is C21H26FN3O2. The first-order valence-corrected chi connectivity index (χ1v) is 9.33. The molecule has 0 bridgehead atoms. The van der Waals surface area contributed by atoms with Crippen molar-refractivity contribution in [1.29, 1.82) is 0 Å². The molecule has 0 unspecified atom stereocenters. The van der Waals surface area contributed by atoms with E-state index in [0.717, 1.165) is 39.3 Å². The van der Waals surface area contributed by atoms with Crippen LogP contribution in [-0.4, -0.2) is 61.6 Å². The van der Waals surface area contributed by atoms with Gasteiger partial charge >= 0.3 is 0 Å². The lowest BCUT2D eigenvalue weighted by Crippen LogP contribution is -2.48. The van der Waals surface area contributed by atoms with Gasteiger partial charge in [0.2, 0.25) is 0 Å². The maximum atomic E-state index is 12.8. The minimum Gasteiger partial charge on any atom is -0.484 e. The molecule has 1 N–H and O–H groups in total. The summed E-state index contributed by atoms with van der Waals surface area (Å²) in [6, 6.07) is 16.2. The van der Waals surface area contributed by atoms with Crippen LogP contribution in [0.5, 0.6) is 5.75 Å². The average molecular weight is 371 g/mol. The van der Waals surface area contributed by atoms with E-state index in [4.69, 9.17) is 4.74 Å². The van der Waals surface area contributed by atoms with Gasteiger partial charge in [-0.3, -0.25) is 14.6 Å². The van der Waals surface area contributed by atoms with Crippen molar-refractivity contribution in [3.05, 3.63) is 66.0 Å². The molecule has 1 amide bonds. The van der Waals surface area contributed by atoms with Gasteiger partial charge in [0.15, 0.2) is 6.61 Å². The molecule has 0 aliphatic carbocycles. The lowest BCUT2D eigenvalue weighted by molar-refractivity contribution is -0.123. The van der Waals surface area contributed by atoms with Crippen LogP contribution in [0.3, 0.4) is 0 Å². The minimum absolute atomic E-state index is 0.0590. The maximum Gasteiger partial charge on any atom is 0.257 e. The Morgan fingerprint density at radius 1 is 0.963 bits per heavy atom. The number of rotatable bonds is 8. The molecular weight excluding hydrogens is 345 g/mol. The molecule has 6 heteroatoms. The van der Waals surface area contributed by atoms with E-state index in [-0.39, 0.29) is 18.3 Å². The molecule has 1 fully saturated rings. The summed E-state index contributed by atoms with van der Waals surface area (Å²) in [7, 11) is 0. The SMILES string of the molecule is O=C(COc1ccc(F)cc1)NCCN1CCN(Cc2ccccc2)CC1. The van der Waals surface area contributed by atoms with Crippen LogP contribution < -0.4 is 10.1 Å². The van der Waals surface area contributed by atoms with Crippen LogP contribution in [0.1, 0.15) is 5.56 Å². The van der Waals surface area contributed by atoms with Crippen molar-refractivity contribution in [2.75, 3.05) is 45.9 Å². The van der Waals surface area contributed by atoms with Crippen LogP contribution in [0.2, 0.25) is 0 Å². The van der Waals surface area contributed by atoms with Gasteiger partial charge < -0.3 is 10.1 Å². The highest BCUT2D eigenvalue weighted by molar-refractivity contribution is 5.77. The summed E-state index contributed by atoms with van der Waals surface area (Å²) < 4.78 is 18.2. The van der Waals surface area contributed by atoms with E-state index < -0.39 is 0 Å². The first-order chi connectivity index (χ1) is 13.2. The van der Waals surface area contributed by atoms with E-state index in [1.807, 2.05) is 6.07 Å². The second-order valence-electron chi connectivity index (χ2n) is 6.70. The average Bonchev–Trinajstić information content (AvgIpc) is 2.70. The Morgan fingerprint density at radius 2 is 1.63 bits per heavy atom. The van der Waals surface area contributed by atoms with Crippen LogP contribution in [0, 0.1) is 5.82 Å². The minimum atomic E-state index is -0.323. The molecule has 0 radical (unpaired) electrons. The number of carbonyl (C=O) groups excluding carboxylic acids is 1. The third kappa shape index (κ3) is 6.66. The van der Waals surface area contributed by atoms with Crippen LogP contribution in [0.15, 0.2) is 54.6 Å². The zero-order valence-corrected chi connectivity index (χ0v) is 15.4. The van der Waals surface area contributed by atoms with Crippen LogP contribution >= 0.6 is 0 Å². The molecule has 0 saturated carbocycles. The molecule has 27 heavy (non-hydrogen) atoms. The summed E-state index contributed by atoms with van der Waals surface area (Å²) >= 11 is 0. The predicted octanol–water partition coefficient (Wildman–Crippen LogP) is 2.14. The summed E-state index contributed by atoms with van der Waals surface area (Å²) in [4.78, 5) is 16.7. The summed E-state index contributed by atoms with van der Waals surface area (Å²) in [5, 5.41) is 2.87. The van der Waals surface area contributed by atoms with E-state index >= 15 is 0 Å². The molecule has 2 aromatic carbocycles. The van der Waals surface area contributed by atoms with Crippen molar-refractivity contribution in [3.8, 4) is 5.75 Å². The number of nitrogens with one attached hydrogen (secondary N) is 1. The normalized spacial score (nSPS) is 15.4. The molecule has 5 nitrogen and oxygen atoms in total. The van der Waals surface area contributed by atoms with Crippen LogP contribution in [-0.2, 0) is 11.3 Å². The van der Waals surface area contributed by atoms with Gasteiger partial charge in [-0.25, -0.2) is 4.39 Å². The standard InChI is InChI=1S/C21H26FN3O2/c22-19-6-8-20(9-7-19)27-17-21(26)23-10-11-24-12-14-25(15-13-24)16-18-4-2-1-3-5-18/h1-9H,10-17H2,(H,23,26). The van der Waals surface area contributed by atoms with Crippen LogP contribution in [0.25, 0.3) is 0 Å². The molecule has 2 aromatic rings. The third-order valence-corrected chi connectivity index (χ3v) is 4.65. The van der Waals surface area contributed by atoms with Crippen molar-refractivity contribution in [3.63, 3.8) is 0 Å². The molecule has 0 spiro atoms. The Kier molecular flexibility index (Phi) is 7.19. The first-order valence-electron chi connectivity index (χ1n) is 9.33. The van der Waals surface area contributed by atoms with Gasteiger partial charge in [0.05, 0.1) is 0 Å². The summed E-state index contributed by atoms with van der Waals surface area (Å²) in [6.07, 6.45) is 0. The summed E-state index contributed by atoms with van der Waals surface area (Å²) in [6.45, 7) is 6.46. The van der Waals surface area contributed by atoms with Gasteiger partial charge in [-0.1, -0.05) is 30.3 Å². The lowest BCUT2D eigenvalue weighted by atomic mass is 10.2. The van der Waals surface area contributed by atoms with Gasteiger partial charge in [0, 0.05) is 45.8 Å². The zero-order chi connectivity index (χ0) is 18.9. The second kappa shape index (κ2) is 10.0. The number of nitrogens with zero attached hydrogens (tertiary/aromatic N) is 2. The first kappa shape index (κ1) is 19.3. The number of halogens is 1. The predicted molar refractivity (Wildman–Crippen MR) is 103 cm³/mol. The van der Waals surface area contributed by atoms with Crippen LogP contribution in [0.4, 0.5) is 4.39 Å². The Morgan fingerprint density at radius 3 is 2.33 bits per heavy atom. The van der Waals surface area contributed by atoms with Gasteiger partial charge in [0.1, 0.15) is 11.6 Å². The zero-order valence-electron chi connectivity index (χ0n) is 15.4. The van der Waals surface area contributed by atoms with Gasteiger partial charge in [0.25, 0.3) is 5.91 Å². The quantitative estimate of drug-likeness (QED) is 0.772. The molecule has 3 rings (SSSR count). The Balaban J connectivity index is 1.27.